The van der Waals surface area contributed by atoms with Crippen molar-refractivity contribution in [2.45, 2.75) is 6.92 Å². The second-order valence-corrected chi connectivity index (χ2v) is 4.91. The Hall–Kier alpha value is -1.82. The average Bonchev–Trinajstić information content (AvgIpc) is 2.80. The summed E-state index contributed by atoms with van der Waals surface area (Å²) in [6, 6.07) is 2.58. The first-order valence-corrected chi connectivity index (χ1v) is 6.64. The van der Waals surface area contributed by atoms with Crippen LogP contribution in [0.25, 0.3) is 0 Å². The lowest BCUT2D eigenvalue weighted by Gasteiger charge is -2.15. The van der Waals surface area contributed by atoms with Crippen LogP contribution in [0.1, 0.15) is 15.9 Å². The van der Waals surface area contributed by atoms with E-state index < -0.39 is 11.7 Å². The summed E-state index contributed by atoms with van der Waals surface area (Å²) in [6.45, 7) is 3.53. The van der Waals surface area contributed by atoms with Gasteiger partial charge in [0.25, 0.3) is 5.91 Å². The van der Waals surface area contributed by atoms with Crippen LogP contribution in [0, 0.1) is 12.7 Å². The Morgan fingerprint density at radius 1 is 1.55 bits per heavy atom. The topological polar surface area (TPSA) is 61.4 Å². The number of aryl methyl sites for hydroxylation is 1. The Kier molecular flexibility index (Phi) is 4.44. The standard InChI is InChI=1S/C13H15ClFN3O2/c1-8-2-3-9(15)10(11(8)14)12(19)16-4-6-18-7-5-17-13(18)20/h2-3H,4-7H2,1H3,(H,16,19)(H,17,20). The van der Waals surface area contributed by atoms with E-state index in [2.05, 4.69) is 10.6 Å². The molecule has 0 aromatic heterocycles. The van der Waals surface area contributed by atoms with Crippen LogP contribution in [0.5, 0.6) is 0 Å². The second-order valence-electron chi connectivity index (χ2n) is 4.53. The highest BCUT2D eigenvalue weighted by Crippen LogP contribution is 2.23. The fourth-order valence-electron chi connectivity index (χ4n) is 1.98. The summed E-state index contributed by atoms with van der Waals surface area (Å²) >= 11 is 5.95. The van der Waals surface area contributed by atoms with Gasteiger partial charge < -0.3 is 15.5 Å². The normalized spacial score (nSPS) is 14.3. The van der Waals surface area contributed by atoms with E-state index >= 15 is 0 Å². The van der Waals surface area contributed by atoms with Gasteiger partial charge in [-0.05, 0) is 18.6 Å². The predicted molar refractivity (Wildman–Crippen MR) is 73.5 cm³/mol. The van der Waals surface area contributed by atoms with E-state index in [-0.39, 0.29) is 23.2 Å². The molecule has 1 aliphatic heterocycles. The molecular weight excluding hydrogens is 285 g/mol. The molecule has 0 bridgehead atoms. The molecule has 108 valence electrons. The summed E-state index contributed by atoms with van der Waals surface area (Å²) in [6.07, 6.45) is 0. The largest absolute Gasteiger partial charge is 0.350 e. The molecule has 20 heavy (non-hydrogen) atoms. The minimum Gasteiger partial charge on any atom is -0.350 e. The molecule has 1 fully saturated rings. The second kappa shape index (κ2) is 6.09. The average molecular weight is 300 g/mol. The van der Waals surface area contributed by atoms with Crippen LogP contribution in [0.3, 0.4) is 0 Å². The molecule has 1 aromatic rings. The minimum atomic E-state index is -0.656. The van der Waals surface area contributed by atoms with Crippen LogP contribution in [0.15, 0.2) is 12.1 Å². The Bertz CT molecular complexity index is 551. The monoisotopic (exact) mass is 299 g/mol. The number of urea groups is 1. The van der Waals surface area contributed by atoms with Gasteiger partial charge in [0.05, 0.1) is 10.6 Å². The van der Waals surface area contributed by atoms with Gasteiger partial charge in [-0.3, -0.25) is 4.79 Å². The van der Waals surface area contributed by atoms with Crippen LogP contribution in [-0.4, -0.2) is 43.0 Å². The van der Waals surface area contributed by atoms with Gasteiger partial charge in [-0.1, -0.05) is 17.7 Å². The van der Waals surface area contributed by atoms with Crippen molar-refractivity contribution < 1.29 is 14.0 Å². The maximum Gasteiger partial charge on any atom is 0.317 e. The van der Waals surface area contributed by atoms with Gasteiger partial charge in [0.2, 0.25) is 0 Å². The number of nitrogens with zero attached hydrogens (tertiary/aromatic N) is 1. The first-order chi connectivity index (χ1) is 9.50. The van der Waals surface area contributed by atoms with Crippen LogP contribution in [0.2, 0.25) is 5.02 Å². The van der Waals surface area contributed by atoms with Crippen molar-refractivity contribution in [2.24, 2.45) is 0 Å². The third kappa shape index (κ3) is 3.01. The molecular formula is C13H15ClFN3O2. The van der Waals surface area contributed by atoms with Gasteiger partial charge in [0, 0.05) is 26.2 Å². The highest BCUT2D eigenvalue weighted by molar-refractivity contribution is 6.34. The molecule has 7 heteroatoms. The van der Waals surface area contributed by atoms with E-state index in [0.717, 1.165) is 0 Å². The highest BCUT2D eigenvalue weighted by atomic mass is 35.5. The van der Waals surface area contributed by atoms with Crippen LogP contribution >= 0.6 is 11.6 Å². The van der Waals surface area contributed by atoms with Crippen LogP contribution in [-0.2, 0) is 0 Å². The molecule has 1 saturated heterocycles. The summed E-state index contributed by atoms with van der Waals surface area (Å²) in [5.41, 5.74) is 0.481. The molecule has 0 spiro atoms. The maximum atomic E-state index is 13.7. The molecule has 1 aromatic carbocycles. The molecule has 0 saturated carbocycles. The van der Waals surface area contributed by atoms with Crippen molar-refractivity contribution in [3.05, 3.63) is 34.1 Å². The Balaban J connectivity index is 1.95. The van der Waals surface area contributed by atoms with Gasteiger partial charge in [0.15, 0.2) is 0 Å². The van der Waals surface area contributed by atoms with Gasteiger partial charge >= 0.3 is 6.03 Å². The molecule has 5 nitrogen and oxygen atoms in total. The highest BCUT2D eigenvalue weighted by Gasteiger charge is 2.20. The number of amides is 3. The Morgan fingerprint density at radius 3 is 2.95 bits per heavy atom. The third-order valence-corrected chi connectivity index (χ3v) is 3.61. The molecule has 0 radical (unpaired) electrons. The number of hydrogen-bond donors (Lipinski definition) is 2. The van der Waals surface area contributed by atoms with Crippen LogP contribution in [0.4, 0.5) is 9.18 Å². The molecule has 0 unspecified atom stereocenters. The molecule has 0 atom stereocenters. The van der Waals surface area contributed by atoms with E-state index in [1.165, 1.54) is 12.1 Å². The molecule has 0 aliphatic carbocycles. The van der Waals surface area contributed by atoms with E-state index in [1.807, 2.05) is 0 Å². The van der Waals surface area contributed by atoms with Crippen molar-refractivity contribution >= 4 is 23.5 Å². The maximum absolute atomic E-state index is 13.7. The van der Waals surface area contributed by atoms with Crippen molar-refractivity contribution in [3.63, 3.8) is 0 Å². The Morgan fingerprint density at radius 2 is 2.30 bits per heavy atom. The summed E-state index contributed by atoms with van der Waals surface area (Å²) in [5.74, 6) is -1.23. The molecule has 2 N–H and O–H groups in total. The summed E-state index contributed by atoms with van der Waals surface area (Å²) in [4.78, 5) is 24.8. The van der Waals surface area contributed by atoms with Gasteiger partial charge in [-0.25, -0.2) is 9.18 Å². The number of carbonyl (C=O) groups excluding carboxylic acids is 2. The number of hydrogen-bond acceptors (Lipinski definition) is 2. The van der Waals surface area contributed by atoms with Gasteiger partial charge in [-0.15, -0.1) is 0 Å². The number of halogens is 2. The number of benzene rings is 1. The molecule has 1 heterocycles. The molecule has 2 rings (SSSR count). The van der Waals surface area contributed by atoms with Crippen molar-refractivity contribution in [1.82, 2.24) is 15.5 Å². The van der Waals surface area contributed by atoms with Gasteiger partial charge in [0.1, 0.15) is 5.82 Å². The number of nitrogens with one attached hydrogen (secondary N) is 2. The summed E-state index contributed by atoms with van der Waals surface area (Å²) in [5, 5.41) is 5.34. The van der Waals surface area contributed by atoms with E-state index in [0.29, 0.717) is 25.2 Å². The lowest BCUT2D eigenvalue weighted by molar-refractivity contribution is 0.0946. The van der Waals surface area contributed by atoms with E-state index in [4.69, 9.17) is 11.6 Å². The SMILES string of the molecule is Cc1ccc(F)c(C(=O)NCCN2CCNC2=O)c1Cl. The minimum absolute atomic E-state index is 0.112. The van der Waals surface area contributed by atoms with Crippen molar-refractivity contribution in [2.75, 3.05) is 26.2 Å². The summed E-state index contributed by atoms with van der Waals surface area (Å²) in [7, 11) is 0. The smallest absolute Gasteiger partial charge is 0.317 e. The summed E-state index contributed by atoms with van der Waals surface area (Å²) < 4.78 is 13.7. The third-order valence-electron chi connectivity index (χ3n) is 3.12. The van der Waals surface area contributed by atoms with E-state index in [9.17, 15) is 14.0 Å². The van der Waals surface area contributed by atoms with Crippen LogP contribution < -0.4 is 10.6 Å². The fourth-order valence-corrected chi connectivity index (χ4v) is 2.22. The zero-order chi connectivity index (χ0) is 14.7. The number of rotatable bonds is 4. The quantitative estimate of drug-likeness (QED) is 0.886. The van der Waals surface area contributed by atoms with Crippen molar-refractivity contribution in [3.8, 4) is 0 Å². The van der Waals surface area contributed by atoms with E-state index in [1.54, 1.807) is 11.8 Å². The molecule has 3 amide bonds. The zero-order valence-electron chi connectivity index (χ0n) is 11.0. The molecule has 1 aliphatic rings. The fraction of sp³-hybridized carbons (Fsp3) is 0.385. The zero-order valence-corrected chi connectivity index (χ0v) is 11.8. The Labute approximate surface area is 121 Å². The van der Waals surface area contributed by atoms with Crippen molar-refractivity contribution in [1.29, 1.82) is 0 Å². The first-order valence-electron chi connectivity index (χ1n) is 6.26. The van der Waals surface area contributed by atoms with Gasteiger partial charge in [-0.2, -0.15) is 0 Å². The first kappa shape index (κ1) is 14.6. The lowest BCUT2D eigenvalue weighted by Crippen LogP contribution is -2.37. The predicted octanol–water partition coefficient (Wildman–Crippen LogP) is 1.54. The lowest BCUT2D eigenvalue weighted by atomic mass is 10.1. The number of carbonyl (C=O) groups is 2.